The van der Waals surface area contributed by atoms with Crippen molar-refractivity contribution in [3.05, 3.63) is 39.9 Å². The number of hydrogen-bond donors (Lipinski definition) is 1. The van der Waals surface area contributed by atoms with E-state index in [1.165, 1.54) is 6.07 Å². The molecule has 0 aromatic carbocycles. The van der Waals surface area contributed by atoms with Gasteiger partial charge in [-0.1, -0.05) is 0 Å². The van der Waals surface area contributed by atoms with E-state index in [-0.39, 0.29) is 5.43 Å². The number of aldehydes is 1. The Bertz CT molecular complexity index is 522. The Kier molecular flexibility index (Phi) is 1.55. The molecule has 0 radical (unpaired) electrons. The summed E-state index contributed by atoms with van der Waals surface area (Å²) in [5.74, 6) is 0. The minimum Gasteiger partial charge on any atom is -0.345 e. The van der Waals surface area contributed by atoms with E-state index in [1.807, 2.05) is 0 Å². The lowest BCUT2D eigenvalue weighted by molar-refractivity contribution is 0.111. The van der Waals surface area contributed by atoms with Crippen LogP contribution in [0.5, 0.6) is 0 Å². The van der Waals surface area contributed by atoms with Gasteiger partial charge in [0.2, 0.25) is 0 Å². The number of hydrogen-bond acceptors (Lipinski definition) is 2. The molecule has 1 N–H and O–H groups in total. The molecule has 0 saturated carbocycles. The SMILES string of the molecule is Cc1c(=O)ccn2c(C=O)c[nH]c12. The van der Waals surface area contributed by atoms with Gasteiger partial charge in [-0.3, -0.25) is 14.0 Å². The molecule has 0 atom stereocenters. The number of aryl methyl sites for hydroxylation is 1. The Morgan fingerprint density at radius 3 is 3.00 bits per heavy atom. The molecule has 0 fully saturated rings. The van der Waals surface area contributed by atoms with Gasteiger partial charge >= 0.3 is 0 Å². The molecule has 66 valence electrons. The van der Waals surface area contributed by atoms with Crippen LogP contribution in [0.25, 0.3) is 5.65 Å². The summed E-state index contributed by atoms with van der Waals surface area (Å²) >= 11 is 0. The number of aromatic amines is 1. The molecular formula is C9H8N2O2. The lowest BCUT2D eigenvalue weighted by Crippen LogP contribution is -2.06. The highest BCUT2D eigenvalue weighted by Crippen LogP contribution is 2.05. The van der Waals surface area contributed by atoms with Crippen molar-refractivity contribution in [2.24, 2.45) is 0 Å². The third kappa shape index (κ3) is 0.989. The van der Waals surface area contributed by atoms with Crippen molar-refractivity contribution >= 4 is 11.9 Å². The molecule has 13 heavy (non-hydrogen) atoms. The second kappa shape index (κ2) is 2.58. The van der Waals surface area contributed by atoms with Crippen LogP contribution in [-0.2, 0) is 0 Å². The van der Waals surface area contributed by atoms with Crippen LogP contribution in [0.15, 0.2) is 23.3 Å². The first kappa shape index (κ1) is 7.79. The molecule has 4 heteroatoms. The largest absolute Gasteiger partial charge is 0.345 e. The fraction of sp³-hybridized carbons (Fsp3) is 0.111. The summed E-state index contributed by atoms with van der Waals surface area (Å²) in [7, 11) is 0. The Balaban J connectivity index is 2.96. The molecule has 0 saturated heterocycles. The molecule has 0 spiro atoms. The summed E-state index contributed by atoms with van der Waals surface area (Å²) in [6.45, 7) is 1.72. The number of fused-ring (bicyclic) bond motifs is 1. The van der Waals surface area contributed by atoms with Crippen molar-refractivity contribution in [1.82, 2.24) is 9.38 Å². The minimum absolute atomic E-state index is 0.0284. The molecule has 4 nitrogen and oxygen atoms in total. The van der Waals surface area contributed by atoms with Crippen LogP contribution in [0.4, 0.5) is 0 Å². The molecule has 0 amide bonds. The molecule has 0 aliphatic rings. The highest BCUT2D eigenvalue weighted by Gasteiger charge is 2.04. The normalized spacial score (nSPS) is 10.5. The molecule has 2 aromatic heterocycles. The van der Waals surface area contributed by atoms with Gasteiger partial charge in [-0.05, 0) is 6.92 Å². The van der Waals surface area contributed by atoms with Crippen molar-refractivity contribution in [2.45, 2.75) is 6.92 Å². The first-order chi connectivity index (χ1) is 6.24. The Morgan fingerprint density at radius 2 is 2.31 bits per heavy atom. The smallest absolute Gasteiger partial charge is 0.186 e. The van der Waals surface area contributed by atoms with Crippen molar-refractivity contribution in [2.75, 3.05) is 0 Å². The quantitative estimate of drug-likeness (QED) is 0.652. The third-order valence-corrected chi connectivity index (χ3v) is 2.10. The number of rotatable bonds is 1. The lowest BCUT2D eigenvalue weighted by atomic mass is 10.3. The summed E-state index contributed by atoms with van der Waals surface area (Å²) in [6.07, 6.45) is 3.91. The second-order valence-electron chi connectivity index (χ2n) is 2.85. The molecule has 0 bridgehead atoms. The fourth-order valence-electron chi connectivity index (χ4n) is 1.33. The first-order valence-corrected chi connectivity index (χ1v) is 3.88. The van der Waals surface area contributed by atoms with Crippen molar-refractivity contribution in [3.63, 3.8) is 0 Å². The number of H-pyrrole nitrogens is 1. The van der Waals surface area contributed by atoms with Crippen LogP contribution in [0, 0.1) is 6.92 Å². The van der Waals surface area contributed by atoms with Crippen LogP contribution < -0.4 is 5.43 Å². The van der Waals surface area contributed by atoms with Gasteiger partial charge in [0.05, 0.1) is 0 Å². The van der Waals surface area contributed by atoms with Crippen molar-refractivity contribution in [3.8, 4) is 0 Å². The van der Waals surface area contributed by atoms with E-state index in [2.05, 4.69) is 4.98 Å². The van der Waals surface area contributed by atoms with Crippen molar-refractivity contribution in [1.29, 1.82) is 0 Å². The molecule has 2 rings (SSSR count). The minimum atomic E-state index is -0.0284. The van der Waals surface area contributed by atoms with Gasteiger partial charge in [-0.25, -0.2) is 0 Å². The molecule has 0 aliphatic carbocycles. The average Bonchev–Trinajstić information content (AvgIpc) is 2.55. The fourth-order valence-corrected chi connectivity index (χ4v) is 1.33. The van der Waals surface area contributed by atoms with Crippen LogP contribution in [0.1, 0.15) is 16.1 Å². The monoisotopic (exact) mass is 176 g/mol. The summed E-state index contributed by atoms with van der Waals surface area (Å²) in [4.78, 5) is 24.6. The second-order valence-corrected chi connectivity index (χ2v) is 2.85. The van der Waals surface area contributed by atoms with Crippen LogP contribution in [-0.4, -0.2) is 15.7 Å². The average molecular weight is 176 g/mol. The van der Waals surface area contributed by atoms with E-state index in [9.17, 15) is 9.59 Å². The van der Waals surface area contributed by atoms with E-state index < -0.39 is 0 Å². The van der Waals surface area contributed by atoms with E-state index in [0.717, 1.165) is 6.29 Å². The maximum Gasteiger partial charge on any atom is 0.186 e. The predicted molar refractivity (Wildman–Crippen MR) is 48.1 cm³/mol. The molecular weight excluding hydrogens is 168 g/mol. The van der Waals surface area contributed by atoms with Crippen LogP contribution in [0.2, 0.25) is 0 Å². The number of pyridine rings is 1. The van der Waals surface area contributed by atoms with Gasteiger partial charge in [0.25, 0.3) is 0 Å². The predicted octanol–water partition coefficient (Wildman–Crippen LogP) is 0.749. The molecule has 0 aliphatic heterocycles. The third-order valence-electron chi connectivity index (χ3n) is 2.10. The van der Waals surface area contributed by atoms with Crippen LogP contribution in [0.3, 0.4) is 0 Å². The number of nitrogens with zero attached hydrogens (tertiary/aromatic N) is 1. The summed E-state index contributed by atoms with van der Waals surface area (Å²) in [5, 5.41) is 0. The van der Waals surface area contributed by atoms with E-state index in [1.54, 1.807) is 23.7 Å². The number of carbonyl (C=O) groups is 1. The maximum absolute atomic E-state index is 11.2. The summed E-state index contributed by atoms with van der Waals surface area (Å²) in [5.41, 5.74) is 1.78. The van der Waals surface area contributed by atoms with Gasteiger partial charge in [0.15, 0.2) is 11.7 Å². The standard InChI is InChI=1S/C9H8N2O2/c1-6-8(13)2-3-11-7(5-12)4-10-9(6)11/h2-5,10H,1H3. The summed E-state index contributed by atoms with van der Waals surface area (Å²) in [6, 6.07) is 1.45. The van der Waals surface area contributed by atoms with Gasteiger partial charge in [-0.15, -0.1) is 0 Å². The van der Waals surface area contributed by atoms with E-state index in [4.69, 9.17) is 0 Å². The number of carbonyl (C=O) groups excluding carboxylic acids is 1. The van der Waals surface area contributed by atoms with Crippen molar-refractivity contribution < 1.29 is 4.79 Å². The first-order valence-electron chi connectivity index (χ1n) is 3.88. The maximum atomic E-state index is 11.2. The van der Waals surface area contributed by atoms with E-state index >= 15 is 0 Å². The number of imidazole rings is 1. The van der Waals surface area contributed by atoms with Gasteiger partial charge < -0.3 is 4.98 Å². The van der Waals surface area contributed by atoms with Gasteiger partial charge in [0.1, 0.15) is 11.3 Å². The van der Waals surface area contributed by atoms with Gasteiger partial charge in [0, 0.05) is 24.0 Å². The summed E-state index contributed by atoms with van der Waals surface area (Å²) < 4.78 is 1.66. The number of nitrogens with one attached hydrogen (secondary N) is 1. The Hall–Kier alpha value is -1.84. The topological polar surface area (TPSA) is 54.3 Å². The molecule has 0 unspecified atom stereocenters. The highest BCUT2D eigenvalue weighted by atomic mass is 16.1. The zero-order chi connectivity index (χ0) is 9.42. The molecule has 2 aromatic rings. The number of aromatic nitrogens is 2. The Labute approximate surface area is 73.8 Å². The Morgan fingerprint density at radius 1 is 1.54 bits per heavy atom. The zero-order valence-electron chi connectivity index (χ0n) is 7.07. The highest BCUT2D eigenvalue weighted by molar-refractivity contribution is 5.74. The lowest BCUT2D eigenvalue weighted by Gasteiger charge is -1.96. The van der Waals surface area contributed by atoms with E-state index in [0.29, 0.717) is 16.9 Å². The van der Waals surface area contributed by atoms with Crippen LogP contribution >= 0.6 is 0 Å². The zero-order valence-corrected chi connectivity index (χ0v) is 7.07. The molecule has 2 heterocycles. The van der Waals surface area contributed by atoms with Gasteiger partial charge in [-0.2, -0.15) is 0 Å².